The van der Waals surface area contributed by atoms with Crippen molar-refractivity contribution >= 4 is 10.8 Å². The molecule has 0 aliphatic carbocycles. The summed E-state index contributed by atoms with van der Waals surface area (Å²) < 4.78 is 15.8. The highest BCUT2D eigenvalue weighted by Crippen LogP contribution is 2.32. The first-order chi connectivity index (χ1) is 9.56. The van der Waals surface area contributed by atoms with E-state index < -0.39 is 0 Å². The van der Waals surface area contributed by atoms with Crippen molar-refractivity contribution in [3.05, 3.63) is 59.2 Å². The molecule has 3 nitrogen and oxygen atoms in total. The number of halogens is 1. The number of rotatable bonds is 2. The average molecular weight is 270 g/mol. The second kappa shape index (κ2) is 4.63. The number of fused-ring (bicyclic) bond motifs is 1. The van der Waals surface area contributed by atoms with Gasteiger partial charge in [-0.15, -0.1) is 0 Å². The number of benzene rings is 2. The Balaban J connectivity index is 2.18. The van der Waals surface area contributed by atoms with Crippen molar-refractivity contribution < 1.29 is 9.50 Å². The van der Waals surface area contributed by atoms with Gasteiger partial charge in [-0.2, -0.15) is 5.10 Å². The molecule has 0 unspecified atom stereocenters. The minimum Gasteiger partial charge on any atom is -0.507 e. The number of phenolic OH excluding ortho intramolecular Hbond substituents is 1. The molecule has 1 heterocycles. The van der Waals surface area contributed by atoms with Crippen LogP contribution in [0.5, 0.6) is 5.75 Å². The molecule has 102 valence electrons. The van der Waals surface area contributed by atoms with Crippen LogP contribution in [0.25, 0.3) is 10.8 Å². The van der Waals surface area contributed by atoms with Gasteiger partial charge < -0.3 is 5.11 Å². The van der Waals surface area contributed by atoms with Crippen LogP contribution in [0.2, 0.25) is 0 Å². The normalized spacial score (nSPS) is 11.2. The third-order valence-electron chi connectivity index (χ3n) is 3.56. The lowest BCUT2D eigenvalue weighted by molar-refractivity contribution is 0.477. The van der Waals surface area contributed by atoms with Crippen LogP contribution >= 0.6 is 0 Å². The second-order valence-corrected chi connectivity index (χ2v) is 5.01. The SMILES string of the molecule is Cc1ccc2c(Cc3ccn(C)n3)c(F)ccc2c1O. The molecule has 0 spiro atoms. The third-order valence-corrected chi connectivity index (χ3v) is 3.56. The van der Waals surface area contributed by atoms with Crippen LogP contribution in [-0.4, -0.2) is 14.9 Å². The Bertz CT molecular complexity index is 793. The van der Waals surface area contributed by atoms with Crippen molar-refractivity contribution in [2.75, 3.05) is 0 Å². The molecule has 0 saturated carbocycles. The summed E-state index contributed by atoms with van der Waals surface area (Å²) in [5.74, 6) is -0.0591. The van der Waals surface area contributed by atoms with Crippen molar-refractivity contribution in [3.8, 4) is 5.75 Å². The van der Waals surface area contributed by atoms with E-state index >= 15 is 0 Å². The molecule has 3 rings (SSSR count). The topological polar surface area (TPSA) is 38.0 Å². The maximum absolute atomic E-state index is 14.1. The Kier molecular flexibility index (Phi) is 2.93. The van der Waals surface area contributed by atoms with Crippen molar-refractivity contribution in [3.63, 3.8) is 0 Å². The fourth-order valence-electron chi connectivity index (χ4n) is 2.45. The number of nitrogens with zero attached hydrogens (tertiary/aromatic N) is 2. The number of aryl methyl sites for hydroxylation is 2. The van der Waals surface area contributed by atoms with E-state index in [0.29, 0.717) is 17.4 Å². The smallest absolute Gasteiger partial charge is 0.127 e. The Morgan fingerprint density at radius 2 is 1.90 bits per heavy atom. The molecule has 0 amide bonds. The molecule has 0 radical (unpaired) electrons. The lowest BCUT2D eigenvalue weighted by Gasteiger charge is -2.10. The molecule has 4 heteroatoms. The first-order valence-corrected chi connectivity index (χ1v) is 6.44. The minimum atomic E-state index is -0.272. The maximum Gasteiger partial charge on any atom is 0.127 e. The number of hydrogen-bond donors (Lipinski definition) is 1. The number of aromatic nitrogens is 2. The molecule has 0 fully saturated rings. The molecule has 0 atom stereocenters. The van der Waals surface area contributed by atoms with E-state index in [1.807, 2.05) is 32.3 Å². The highest BCUT2D eigenvalue weighted by Gasteiger charge is 2.13. The number of phenols is 1. The van der Waals surface area contributed by atoms with Gasteiger partial charge in [0.2, 0.25) is 0 Å². The Hall–Kier alpha value is -2.36. The van der Waals surface area contributed by atoms with Crippen LogP contribution in [0.3, 0.4) is 0 Å². The van der Waals surface area contributed by atoms with Gasteiger partial charge in [-0.3, -0.25) is 4.68 Å². The van der Waals surface area contributed by atoms with Gasteiger partial charge in [-0.25, -0.2) is 4.39 Å². The standard InChI is InChI=1S/C16H15FN2O/c1-10-3-4-12-13(16(10)20)5-6-15(17)14(12)9-11-7-8-19(2)18-11/h3-8,20H,9H2,1-2H3. The second-order valence-electron chi connectivity index (χ2n) is 5.01. The highest BCUT2D eigenvalue weighted by atomic mass is 19.1. The zero-order valence-corrected chi connectivity index (χ0v) is 11.4. The molecule has 0 aliphatic heterocycles. The monoisotopic (exact) mass is 270 g/mol. The summed E-state index contributed by atoms with van der Waals surface area (Å²) in [5, 5.41) is 15.8. The summed E-state index contributed by atoms with van der Waals surface area (Å²) in [6, 6.07) is 8.55. The van der Waals surface area contributed by atoms with E-state index in [4.69, 9.17) is 0 Å². The fraction of sp³-hybridized carbons (Fsp3) is 0.188. The van der Waals surface area contributed by atoms with Crippen LogP contribution in [-0.2, 0) is 13.5 Å². The van der Waals surface area contributed by atoms with Crippen molar-refractivity contribution in [2.45, 2.75) is 13.3 Å². The molecule has 2 aromatic carbocycles. The maximum atomic E-state index is 14.1. The minimum absolute atomic E-state index is 0.213. The van der Waals surface area contributed by atoms with Gasteiger partial charge in [-0.05, 0) is 36.1 Å². The van der Waals surface area contributed by atoms with Gasteiger partial charge >= 0.3 is 0 Å². The van der Waals surface area contributed by atoms with E-state index in [1.54, 1.807) is 16.8 Å². The highest BCUT2D eigenvalue weighted by molar-refractivity contribution is 5.92. The Morgan fingerprint density at radius 3 is 2.60 bits per heavy atom. The summed E-state index contributed by atoms with van der Waals surface area (Å²) in [7, 11) is 1.83. The summed E-state index contributed by atoms with van der Waals surface area (Å²) >= 11 is 0. The predicted octanol–water partition coefficient (Wildman–Crippen LogP) is 3.32. The van der Waals surface area contributed by atoms with Gasteiger partial charge in [0.25, 0.3) is 0 Å². The molecule has 1 N–H and O–H groups in total. The van der Waals surface area contributed by atoms with E-state index in [1.165, 1.54) is 6.07 Å². The fourth-order valence-corrected chi connectivity index (χ4v) is 2.45. The molecule has 0 aliphatic rings. The summed E-state index contributed by atoms with van der Waals surface area (Å²) in [4.78, 5) is 0. The number of hydrogen-bond acceptors (Lipinski definition) is 2. The van der Waals surface area contributed by atoms with Crippen LogP contribution in [0, 0.1) is 12.7 Å². The molecule has 1 aromatic heterocycles. The van der Waals surface area contributed by atoms with Gasteiger partial charge in [0, 0.05) is 30.6 Å². The largest absolute Gasteiger partial charge is 0.507 e. The van der Waals surface area contributed by atoms with Crippen molar-refractivity contribution in [2.24, 2.45) is 7.05 Å². The van der Waals surface area contributed by atoms with E-state index in [-0.39, 0.29) is 11.6 Å². The molecular weight excluding hydrogens is 255 g/mol. The molecular formula is C16H15FN2O. The summed E-state index contributed by atoms with van der Waals surface area (Å²) in [6.45, 7) is 1.83. The van der Waals surface area contributed by atoms with Gasteiger partial charge in [0.1, 0.15) is 11.6 Å². The first kappa shape index (κ1) is 12.7. The Labute approximate surface area is 116 Å². The average Bonchev–Trinajstić information content (AvgIpc) is 2.83. The first-order valence-electron chi connectivity index (χ1n) is 6.44. The van der Waals surface area contributed by atoms with E-state index in [2.05, 4.69) is 5.10 Å². The van der Waals surface area contributed by atoms with Gasteiger partial charge in [0.15, 0.2) is 0 Å². The quantitative estimate of drug-likeness (QED) is 0.775. The van der Waals surface area contributed by atoms with Gasteiger partial charge in [-0.1, -0.05) is 12.1 Å². The molecule has 0 saturated heterocycles. The lowest BCUT2D eigenvalue weighted by Crippen LogP contribution is -1.97. The van der Waals surface area contributed by atoms with Crippen LogP contribution in [0.1, 0.15) is 16.8 Å². The van der Waals surface area contributed by atoms with Crippen molar-refractivity contribution in [1.82, 2.24) is 9.78 Å². The zero-order valence-electron chi connectivity index (χ0n) is 11.4. The lowest BCUT2D eigenvalue weighted by atomic mass is 9.98. The number of aromatic hydroxyl groups is 1. The molecule has 3 aromatic rings. The predicted molar refractivity (Wildman–Crippen MR) is 76.3 cm³/mol. The van der Waals surface area contributed by atoms with E-state index in [9.17, 15) is 9.50 Å². The zero-order chi connectivity index (χ0) is 14.3. The van der Waals surface area contributed by atoms with Crippen molar-refractivity contribution in [1.29, 1.82) is 0 Å². The van der Waals surface area contributed by atoms with Crippen LogP contribution < -0.4 is 0 Å². The van der Waals surface area contributed by atoms with E-state index in [0.717, 1.165) is 16.6 Å². The molecule has 20 heavy (non-hydrogen) atoms. The molecule has 0 bridgehead atoms. The third kappa shape index (κ3) is 2.03. The van der Waals surface area contributed by atoms with Gasteiger partial charge in [0.05, 0.1) is 5.69 Å². The Morgan fingerprint density at radius 1 is 1.15 bits per heavy atom. The summed E-state index contributed by atoms with van der Waals surface area (Å²) in [6.07, 6.45) is 2.24. The summed E-state index contributed by atoms with van der Waals surface area (Å²) in [5.41, 5.74) is 2.16. The van der Waals surface area contributed by atoms with Crippen LogP contribution in [0.4, 0.5) is 4.39 Å². The van der Waals surface area contributed by atoms with Crippen LogP contribution in [0.15, 0.2) is 36.5 Å².